The fraction of sp³-hybridized carbons (Fsp3) is 0.562. The molecule has 114 valence electrons. The Morgan fingerprint density at radius 2 is 2.19 bits per heavy atom. The highest BCUT2D eigenvalue weighted by Crippen LogP contribution is 2.26. The van der Waals surface area contributed by atoms with Crippen LogP contribution in [0.2, 0.25) is 0 Å². The first-order valence-electron chi connectivity index (χ1n) is 7.44. The number of hydrogen-bond acceptors (Lipinski definition) is 4. The summed E-state index contributed by atoms with van der Waals surface area (Å²) in [6.07, 6.45) is -0.0989. The van der Waals surface area contributed by atoms with E-state index in [0.29, 0.717) is 32.9 Å². The van der Waals surface area contributed by atoms with Crippen LogP contribution in [0.4, 0.5) is 0 Å². The molecule has 3 rings (SSSR count). The van der Waals surface area contributed by atoms with Gasteiger partial charge in [0, 0.05) is 0 Å². The maximum absolute atomic E-state index is 12.2. The minimum absolute atomic E-state index is 0.0322. The van der Waals surface area contributed by atoms with Crippen LogP contribution in [0, 0.1) is 13.8 Å². The lowest BCUT2D eigenvalue weighted by Gasteiger charge is -2.31. The topological polar surface area (TPSA) is 50.8 Å². The molecule has 0 bridgehead atoms. The molecular formula is C16H22N2O3. The minimum atomic E-state index is -0.0667. The number of nitrogens with zero attached hydrogens (tertiary/aromatic N) is 1. The smallest absolute Gasteiger partial charge is 0.238 e. The zero-order valence-corrected chi connectivity index (χ0v) is 12.6. The molecule has 2 aliphatic rings. The number of hydrogen-bond donors (Lipinski definition) is 1. The van der Waals surface area contributed by atoms with Gasteiger partial charge in [-0.1, -0.05) is 23.8 Å². The van der Waals surface area contributed by atoms with E-state index in [0.717, 1.165) is 5.56 Å². The maximum atomic E-state index is 12.2. The zero-order valence-electron chi connectivity index (χ0n) is 12.6. The molecule has 5 heteroatoms. The van der Waals surface area contributed by atoms with Gasteiger partial charge in [-0.05, 0) is 25.0 Å². The Bertz CT molecular complexity index is 526. The van der Waals surface area contributed by atoms with Gasteiger partial charge in [-0.3, -0.25) is 10.1 Å². The van der Waals surface area contributed by atoms with Gasteiger partial charge in [-0.15, -0.1) is 0 Å². The first-order chi connectivity index (χ1) is 10.1. The van der Waals surface area contributed by atoms with Gasteiger partial charge >= 0.3 is 0 Å². The van der Waals surface area contributed by atoms with Crippen molar-refractivity contribution in [1.29, 1.82) is 0 Å². The van der Waals surface area contributed by atoms with Crippen molar-refractivity contribution >= 4 is 5.91 Å². The summed E-state index contributed by atoms with van der Waals surface area (Å²) >= 11 is 0. The Hall–Kier alpha value is -1.43. The minimum Gasteiger partial charge on any atom is -0.376 e. The van der Waals surface area contributed by atoms with Crippen LogP contribution in [0.15, 0.2) is 18.2 Å². The molecule has 2 aliphatic heterocycles. The SMILES string of the molecule is Cc1ccc(C)c(C2NCC(=O)N2CC2COCCO2)c1. The summed E-state index contributed by atoms with van der Waals surface area (Å²) in [5, 5.41) is 3.31. The van der Waals surface area contributed by atoms with Gasteiger partial charge in [-0.2, -0.15) is 0 Å². The van der Waals surface area contributed by atoms with Crippen molar-refractivity contribution in [2.24, 2.45) is 0 Å². The molecule has 5 nitrogen and oxygen atoms in total. The average Bonchev–Trinajstić information content (AvgIpc) is 2.84. The molecule has 0 spiro atoms. The fourth-order valence-corrected chi connectivity index (χ4v) is 2.94. The van der Waals surface area contributed by atoms with Gasteiger partial charge in [0.2, 0.25) is 5.91 Å². The van der Waals surface area contributed by atoms with E-state index in [1.165, 1.54) is 11.1 Å². The number of benzene rings is 1. The third kappa shape index (κ3) is 3.10. The molecule has 2 unspecified atom stereocenters. The van der Waals surface area contributed by atoms with E-state index in [1.54, 1.807) is 0 Å². The largest absolute Gasteiger partial charge is 0.376 e. The van der Waals surface area contributed by atoms with Gasteiger partial charge in [0.25, 0.3) is 0 Å². The van der Waals surface area contributed by atoms with Crippen LogP contribution in [-0.2, 0) is 14.3 Å². The Kier molecular flexibility index (Phi) is 4.24. The molecule has 0 saturated carbocycles. The molecule has 2 atom stereocenters. The van der Waals surface area contributed by atoms with E-state index >= 15 is 0 Å². The summed E-state index contributed by atoms with van der Waals surface area (Å²) in [6, 6.07) is 6.35. The van der Waals surface area contributed by atoms with Gasteiger partial charge in [0.1, 0.15) is 6.17 Å². The molecule has 2 heterocycles. The zero-order chi connectivity index (χ0) is 14.8. The Morgan fingerprint density at radius 1 is 1.33 bits per heavy atom. The van der Waals surface area contributed by atoms with Crippen molar-refractivity contribution in [3.63, 3.8) is 0 Å². The third-order valence-electron chi connectivity index (χ3n) is 4.09. The van der Waals surface area contributed by atoms with Crippen LogP contribution in [0.25, 0.3) is 0 Å². The highest BCUT2D eigenvalue weighted by Gasteiger charge is 2.34. The van der Waals surface area contributed by atoms with E-state index in [-0.39, 0.29) is 18.2 Å². The van der Waals surface area contributed by atoms with Crippen molar-refractivity contribution in [1.82, 2.24) is 10.2 Å². The monoisotopic (exact) mass is 290 g/mol. The number of rotatable bonds is 3. The van der Waals surface area contributed by atoms with Crippen LogP contribution in [0.1, 0.15) is 22.9 Å². The van der Waals surface area contributed by atoms with E-state index in [4.69, 9.17) is 9.47 Å². The second kappa shape index (κ2) is 6.13. The Labute approximate surface area is 125 Å². The molecule has 0 aromatic heterocycles. The number of nitrogens with one attached hydrogen (secondary N) is 1. The standard InChI is InChI=1S/C16H22N2O3/c1-11-3-4-12(2)14(7-11)16-17-8-15(19)18(16)9-13-10-20-5-6-21-13/h3-4,7,13,16-17H,5-6,8-10H2,1-2H3. The van der Waals surface area contributed by atoms with Gasteiger partial charge < -0.3 is 14.4 Å². The summed E-state index contributed by atoms with van der Waals surface area (Å²) in [5.41, 5.74) is 3.56. The van der Waals surface area contributed by atoms with E-state index in [2.05, 4.69) is 37.4 Å². The van der Waals surface area contributed by atoms with Crippen molar-refractivity contribution in [3.8, 4) is 0 Å². The summed E-state index contributed by atoms with van der Waals surface area (Å²) < 4.78 is 11.1. The quantitative estimate of drug-likeness (QED) is 0.907. The number of carbonyl (C=O) groups is 1. The number of carbonyl (C=O) groups excluding carboxylic acids is 1. The lowest BCUT2D eigenvalue weighted by molar-refractivity contribution is -0.135. The maximum Gasteiger partial charge on any atom is 0.238 e. The first-order valence-corrected chi connectivity index (χ1v) is 7.44. The number of aryl methyl sites for hydroxylation is 2. The van der Waals surface area contributed by atoms with Crippen molar-refractivity contribution < 1.29 is 14.3 Å². The molecular weight excluding hydrogens is 268 g/mol. The summed E-state index contributed by atoms with van der Waals surface area (Å²) in [5.74, 6) is 0.120. The molecule has 0 radical (unpaired) electrons. The number of ether oxygens (including phenoxy) is 2. The molecule has 21 heavy (non-hydrogen) atoms. The normalized spacial score (nSPS) is 26.4. The molecule has 1 amide bonds. The summed E-state index contributed by atoms with van der Waals surface area (Å²) in [6.45, 7) is 6.91. The fourth-order valence-electron chi connectivity index (χ4n) is 2.94. The van der Waals surface area contributed by atoms with Gasteiger partial charge in [-0.25, -0.2) is 0 Å². The van der Waals surface area contributed by atoms with Crippen LogP contribution in [0.3, 0.4) is 0 Å². The predicted octanol–water partition coefficient (Wildman–Crippen LogP) is 1.15. The lowest BCUT2D eigenvalue weighted by atomic mass is 10.0. The van der Waals surface area contributed by atoms with Crippen molar-refractivity contribution in [2.75, 3.05) is 32.9 Å². The van der Waals surface area contributed by atoms with Crippen LogP contribution < -0.4 is 5.32 Å². The number of amides is 1. The average molecular weight is 290 g/mol. The van der Waals surface area contributed by atoms with E-state index in [9.17, 15) is 4.79 Å². The van der Waals surface area contributed by atoms with E-state index in [1.807, 2.05) is 4.90 Å². The molecule has 2 saturated heterocycles. The van der Waals surface area contributed by atoms with Gasteiger partial charge in [0.05, 0.1) is 39.0 Å². The molecule has 1 N–H and O–H groups in total. The van der Waals surface area contributed by atoms with Crippen LogP contribution in [-0.4, -0.2) is 49.8 Å². The second-order valence-corrected chi connectivity index (χ2v) is 5.76. The third-order valence-corrected chi connectivity index (χ3v) is 4.09. The summed E-state index contributed by atoms with van der Waals surface area (Å²) in [7, 11) is 0. The highest BCUT2D eigenvalue weighted by molar-refractivity contribution is 5.81. The molecule has 0 aliphatic carbocycles. The summed E-state index contributed by atoms with van der Waals surface area (Å²) in [4.78, 5) is 14.1. The molecule has 2 fully saturated rings. The highest BCUT2D eigenvalue weighted by atomic mass is 16.6. The van der Waals surface area contributed by atoms with Crippen molar-refractivity contribution in [2.45, 2.75) is 26.1 Å². The predicted molar refractivity (Wildman–Crippen MR) is 78.9 cm³/mol. The van der Waals surface area contributed by atoms with Crippen molar-refractivity contribution in [3.05, 3.63) is 34.9 Å². The Morgan fingerprint density at radius 3 is 2.95 bits per heavy atom. The van der Waals surface area contributed by atoms with E-state index < -0.39 is 0 Å². The lowest BCUT2D eigenvalue weighted by Crippen LogP contribution is -2.42. The second-order valence-electron chi connectivity index (χ2n) is 5.76. The van der Waals surface area contributed by atoms with Crippen LogP contribution in [0.5, 0.6) is 0 Å². The molecule has 1 aromatic rings. The van der Waals surface area contributed by atoms with Crippen LogP contribution >= 0.6 is 0 Å². The first kappa shape index (κ1) is 14.5. The van der Waals surface area contributed by atoms with Gasteiger partial charge in [0.15, 0.2) is 0 Å². The molecule has 1 aromatic carbocycles. The Balaban J connectivity index is 1.79.